The van der Waals surface area contributed by atoms with Crippen molar-refractivity contribution >= 4 is 11.8 Å². The maximum atomic E-state index is 12.5. The van der Waals surface area contributed by atoms with Crippen LogP contribution in [0.2, 0.25) is 0 Å². The summed E-state index contributed by atoms with van der Waals surface area (Å²) in [7, 11) is 0. The Morgan fingerprint density at radius 2 is 1.86 bits per heavy atom. The molecule has 1 unspecified atom stereocenters. The number of nitrogens with one attached hydrogen (secondary N) is 2. The fourth-order valence-corrected chi connectivity index (χ4v) is 4.28. The number of rotatable bonds is 3. The third kappa shape index (κ3) is 3.29. The van der Waals surface area contributed by atoms with Crippen LogP contribution in [0.4, 0.5) is 0 Å². The van der Waals surface area contributed by atoms with Gasteiger partial charge in [0.25, 0.3) is 0 Å². The molecule has 0 aromatic carbocycles. The van der Waals surface area contributed by atoms with Crippen molar-refractivity contribution in [2.24, 2.45) is 11.3 Å². The number of hydrogen-bond acceptors (Lipinski definition) is 3. The maximum absolute atomic E-state index is 12.5. The summed E-state index contributed by atoms with van der Waals surface area (Å²) in [6.45, 7) is 5.72. The molecule has 124 valence electrons. The van der Waals surface area contributed by atoms with Gasteiger partial charge < -0.3 is 15.5 Å². The van der Waals surface area contributed by atoms with Gasteiger partial charge in [-0.05, 0) is 51.0 Å². The molecule has 5 nitrogen and oxygen atoms in total. The van der Waals surface area contributed by atoms with Crippen molar-refractivity contribution in [1.29, 1.82) is 0 Å². The third-order valence-electron chi connectivity index (χ3n) is 5.92. The number of amides is 2. The van der Waals surface area contributed by atoms with E-state index in [-0.39, 0.29) is 23.8 Å². The molecule has 2 saturated heterocycles. The highest BCUT2D eigenvalue weighted by molar-refractivity contribution is 5.88. The molecule has 1 saturated carbocycles. The molecule has 0 radical (unpaired) electrons. The number of likely N-dealkylation sites (tertiary alicyclic amines) is 1. The highest BCUT2D eigenvalue weighted by Gasteiger charge is 2.39. The van der Waals surface area contributed by atoms with Crippen LogP contribution in [0.25, 0.3) is 0 Å². The molecule has 3 fully saturated rings. The molecule has 0 aromatic rings. The van der Waals surface area contributed by atoms with E-state index < -0.39 is 0 Å². The van der Waals surface area contributed by atoms with Crippen LogP contribution in [0.1, 0.15) is 51.9 Å². The van der Waals surface area contributed by atoms with E-state index in [0.717, 1.165) is 64.7 Å². The standard InChI is InChI=1S/C17H29N3O2/c1-13(19-15(21)14-4-2-3-5-14)16(22)20-10-7-17(8-11-20)6-9-18-12-17/h13-14,18H,2-12H2,1H3,(H,19,21). The lowest BCUT2D eigenvalue weighted by Crippen LogP contribution is -2.52. The highest BCUT2D eigenvalue weighted by atomic mass is 16.2. The Labute approximate surface area is 133 Å². The van der Waals surface area contributed by atoms with E-state index in [2.05, 4.69) is 10.6 Å². The van der Waals surface area contributed by atoms with Crippen LogP contribution in [0.3, 0.4) is 0 Å². The minimum Gasteiger partial charge on any atom is -0.344 e. The van der Waals surface area contributed by atoms with Gasteiger partial charge in [0.15, 0.2) is 0 Å². The van der Waals surface area contributed by atoms with Crippen LogP contribution in [0.5, 0.6) is 0 Å². The second kappa shape index (κ2) is 6.57. The van der Waals surface area contributed by atoms with Gasteiger partial charge >= 0.3 is 0 Å². The predicted molar refractivity (Wildman–Crippen MR) is 85.3 cm³/mol. The van der Waals surface area contributed by atoms with Crippen molar-refractivity contribution in [3.05, 3.63) is 0 Å². The van der Waals surface area contributed by atoms with Crippen molar-refractivity contribution in [2.75, 3.05) is 26.2 Å². The largest absolute Gasteiger partial charge is 0.344 e. The SMILES string of the molecule is CC(NC(=O)C1CCCC1)C(=O)N1CCC2(CCNC2)CC1. The normalized spacial score (nSPS) is 26.3. The first-order valence-corrected chi connectivity index (χ1v) is 8.90. The molecule has 5 heteroatoms. The van der Waals surface area contributed by atoms with Gasteiger partial charge in [0, 0.05) is 25.6 Å². The smallest absolute Gasteiger partial charge is 0.244 e. The molecule has 2 N–H and O–H groups in total. The Bertz CT molecular complexity index is 416. The van der Waals surface area contributed by atoms with E-state index in [1.807, 2.05) is 11.8 Å². The minimum atomic E-state index is -0.385. The summed E-state index contributed by atoms with van der Waals surface area (Å²) in [5.41, 5.74) is 0.424. The maximum Gasteiger partial charge on any atom is 0.244 e. The fraction of sp³-hybridized carbons (Fsp3) is 0.882. The molecular formula is C17H29N3O2. The van der Waals surface area contributed by atoms with Crippen molar-refractivity contribution in [1.82, 2.24) is 15.5 Å². The summed E-state index contributed by atoms with van der Waals surface area (Å²) >= 11 is 0. The number of nitrogens with zero attached hydrogens (tertiary/aromatic N) is 1. The van der Waals surface area contributed by atoms with E-state index >= 15 is 0 Å². The van der Waals surface area contributed by atoms with Gasteiger partial charge in [-0.25, -0.2) is 0 Å². The average Bonchev–Trinajstić information content (AvgIpc) is 3.19. The van der Waals surface area contributed by atoms with Gasteiger partial charge in [-0.1, -0.05) is 12.8 Å². The molecule has 1 aliphatic carbocycles. The van der Waals surface area contributed by atoms with Gasteiger partial charge in [0.05, 0.1) is 0 Å². The molecule has 2 amide bonds. The second-order valence-electron chi connectivity index (χ2n) is 7.46. The first kappa shape index (κ1) is 15.8. The number of piperidine rings is 1. The second-order valence-corrected chi connectivity index (χ2v) is 7.46. The summed E-state index contributed by atoms with van der Waals surface area (Å²) < 4.78 is 0. The van der Waals surface area contributed by atoms with E-state index in [0.29, 0.717) is 5.41 Å². The molecular weight excluding hydrogens is 278 g/mol. The zero-order valence-corrected chi connectivity index (χ0v) is 13.7. The molecule has 1 atom stereocenters. The van der Waals surface area contributed by atoms with E-state index in [1.165, 1.54) is 6.42 Å². The van der Waals surface area contributed by atoms with E-state index in [1.54, 1.807) is 0 Å². The Morgan fingerprint density at radius 3 is 2.45 bits per heavy atom. The number of carbonyl (C=O) groups is 2. The monoisotopic (exact) mass is 307 g/mol. The quantitative estimate of drug-likeness (QED) is 0.826. The Hall–Kier alpha value is -1.10. The lowest BCUT2D eigenvalue weighted by Gasteiger charge is -2.39. The molecule has 2 aliphatic heterocycles. The van der Waals surface area contributed by atoms with Crippen LogP contribution in [0.15, 0.2) is 0 Å². The molecule has 3 aliphatic rings. The van der Waals surface area contributed by atoms with Crippen LogP contribution in [-0.2, 0) is 9.59 Å². The third-order valence-corrected chi connectivity index (χ3v) is 5.92. The average molecular weight is 307 g/mol. The Balaban J connectivity index is 1.47. The highest BCUT2D eigenvalue weighted by Crippen LogP contribution is 2.37. The fourth-order valence-electron chi connectivity index (χ4n) is 4.28. The molecule has 1 spiro atoms. The van der Waals surface area contributed by atoms with Gasteiger partial charge in [-0.2, -0.15) is 0 Å². The van der Waals surface area contributed by atoms with Crippen molar-refractivity contribution in [3.63, 3.8) is 0 Å². The van der Waals surface area contributed by atoms with Gasteiger partial charge in [-0.15, -0.1) is 0 Å². The Kier molecular flexibility index (Phi) is 4.71. The molecule has 0 bridgehead atoms. The summed E-state index contributed by atoms with van der Waals surface area (Å²) in [5.74, 6) is 0.295. The van der Waals surface area contributed by atoms with E-state index in [4.69, 9.17) is 0 Å². The predicted octanol–water partition coefficient (Wildman–Crippen LogP) is 1.28. The molecule has 22 heavy (non-hydrogen) atoms. The van der Waals surface area contributed by atoms with Crippen molar-refractivity contribution < 1.29 is 9.59 Å². The topological polar surface area (TPSA) is 61.4 Å². The first-order valence-electron chi connectivity index (χ1n) is 8.90. The first-order chi connectivity index (χ1) is 10.6. The van der Waals surface area contributed by atoms with Gasteiger partial charge in [0.2, 0.25) is 11.8 Å². The van der Waals surface area contributed by atoms with Crippen LogP contribution in [-0.4, -0.2) is 48.9 Å². The zero-order valence-electron chi connectivity index (χ0n) is 13.7. The van der Waals surface area contributed by atoms with Crippen molar-refractivity contribution in [3.8, 4) is 0 Å². The van der Waals surface area contributed by atoms with Gasteiger partial charge in [-0.3, -0.25) is 9.59 Å². The molecule has 2 heterocycles. The summed E-state index contributed by atoms with van der Waals surface area (Å²) in [5, 5.41) is 6.38. The zero-order chi connectivity index (χ0) is 15.6. The van der Waals surface area contributed by atoms with Crippen molar-refractivity contribution in [2.45, 2.75) is 57.9 Å². The summed E-state index contributed by atoms with van der Waals surface area (Å²) in [6.07, 6.45) is 7.66. The summed E-state index contributed by atoms with van der Waals surface area (Å²) in [4.78, 5) is 26.7. The Morgan fingerprint density at radius 1 is 1.18 bits per heavy atom. The molecule has 0 aromatic heterocycles. The van der Waals surface area contributed by atoms with Crippen LogP contribution < -0.4 is 10.6 Å². The summed E-state index contributed by atoms with van der Waals surface area (Å²) in [6, 6.07) is -0.385. The van der Waals surface area contributed by atoms with E-state index in [9.17, 15) is 9.59 Å². The number of hydrogen-bond donors (Lipinski definition) is 2. The number of carbonyl (C=O) groups excluding carboxylic acids is 2. The lowest BCUT2D eigenvalue weighted by atomic mass is 9.78. The van der Waals surface area contributed by atoms with Gasteiger partial charge in [0.1, 0.15) is 6.04 Å². The van der Waals surface area contributed by atoms with Crippen LogP contribution in [0, 0.1) is 11.3 Å². The van der Waals surface area contributed by atoms with Crippen LogP contribution >= 0.6 is 0 Å². The molecule has 3 rings (SSSR count). The lowest BCUT2D eigenvalue weighted by molar-refractivity contribution is -0.138. The minimum absolute atomic E-state index is 0.0758.